The lowest BCUT2D eigenvalue weighted by Gasteiger charge is -2.24. The highest BCUT2D eigenvalue weighted by Crippen LogP contribution is 2.34. The average Bonchev–Trinajstić information content (AvgIpc) is 2.17. The third kappa shape index (κ3) is 1.49. The highest BCUT2D eigenvalue weighted by Gasteiger charge is 2.30. The first-order valence-electron chi connectivity index (χ1n) is 4.06. The van der Waals surface area contributed by atoms with Gasteiger partial charge in [0.25, 0.3) is 10.0 Å². The number of hydrogen-bond donors (Lipinski definition) is 1. The number of rotatable bonds is 0. The summed E-state index contributed by atoms with van der Waals surface area (Å²) < 4.78 is 25.6. The number of para-hydroxylation sites is 1. The van der Waals surface area contributed by atoms with Gasteiger partial charge in [0.1, 0.15) is 10.6 Å². The third-order valence-corrected chi connectivity index (χ3v) is 4.80. The monoisotopic (exact) mass is 337 g/mol. The number of hydrogen-bond acceptors (Lipinski definition) is 4. The number of nitrogens with zero attached hydrogens (tertiary/aromatic N) is 2. The van der Waals surface area contributed by atoms with Gasteiger partial charge in [0.2, 0.25) is 5.96 Å². The minimum Gasteiger partial charge on any atom is -0.369 e. The molecule has 0 saturated carbocycles. The van der Waals surface area contributed by atoms with Crippen LogP contribution in [0.25, 0.3) is 0 Å². The summed E-state index contributed by atoms with van der Waals surface area (Å²) in [6.45, 7) is 0. The fourth-order valence-electron chi connectivity index (χ4n) is 1.27. The van der Waals surface area contributed by atoms with Gasteiger partial charge in [0.05, 0.1) is 0 Å². The van der Waals surface area contributed by atoms with E-state index in [4.69, 9.17) is 5.73 Å². The van der Waals surface area contributed by atoms with E-state index in [9.17, 15) is 8.42 Å². The van der Waals surface area contributed by atoms with Crippen molar-refractivity contribution < 1.29 is 8.42 Å². The summed E-state index contributed by atoms with van der Waals surface area (Å²) in [5, 5.41) is 0. The molecule has 2 rings (SSSR count). The van der Waals surface area contributed by atoms with Gasteiger partial charge in [0, 0.05) is 10.6 Å². The molecule has 0 atom stereocenters. The van der Waals surface area contributed by atoms with Crippen LogP contribution in [-0.2, 0) is 10.0 Å². The predicted octanol–water partition coefficient (Wildman–Crippen LogP) is 0.872. The lowest BCUT2D eigenvalue weighted by molar-refractivity contribution is 0.548. The molecule has 0 unspecified atom stereocenters. The first-order valence-corrected chi connectivity index (χ1v) is 6.58. The summed E-state index contributed by atoms with van der Waals surface area (Å²) in [7, 11) is -2.13. The molecule has 7 heteroatoms. The summed E-state index contributed by atoms with van der Waals surface area (Å²) in [6.07, 6.45) is 0. The molecule has 80 valence electrons. The summed E-state index contributed by atoms with van der Waals surface area (Å²) >= 11 is 2.03. The molecule has 0 fully saturated rings. The maximum absolute atomic E-state index is 11.9. The summed E-state index contributed by atoms with van der Waals surface area (Å²) in [4.78, 5) is 4.26. The summed E-state index contributed by atoms with van der Waals surface area (Å²) in [5.41, 5.74) is 5.96. The Morgan fingerprint density at radius 1 is 1.47 bits per heavy atom. The molecular weight excluding hydrogens is 329 g/mol. The van der Waals surface area contributed by atoms with Crippen LogP contribution in [0, 0.1) is 3.57 Å². The molecule has 0 spiro atoms. The Labute approximate surface area is 101 Å². The molecule has 1 aromatic carbocycles. The molecule has 5 nitrogen and oxygen atoms in total. The topological polar surface area (TPSA) is 75.8 Å². The molecule has 0 aromatic heterocycles. The van der Waals surface area contributed by atoms with Crippen LogP contribution in [0.1, 0.15) is 0 Å². The van der Waals surface area contributed by atoms with Crippen molar-refractivity contribution in [2.75, 3.05) is 7.05 Å². The Kier molecular flexibility index (Phi) is 2.38. The Bertz CT molecular complexity index is 553. The second-order valence-electron chi connectivity index (χ2n) is 3.03. The Morgan fingerprint density at radius 2 is 2.13 bits per heavy atom. The molecule has 1 aromatic rings. The smallest absolute Gasteiger partial charge is 0.268 e. The van der Waals surface area contributed by atoms with E-state index in [0.717, 1.165) is 7.88 Å². The molecule has 15 heavy (non-hydrogen) atoms. The van der Waals surface area contributed by atoms with Crippen molar-refractivity contribution in [2.45, 2.75) is 4.90 Å². The first-order chi connectivity index (χ1) is 6.94. The van der Waals surface area contributed by atoms with E-state index in [0.29, 0.717) is 5.69 Å². The van der Waals surface area contributed by atoms with E-state index in [1.807, 2.05) is 22.6 Å². The quantitative estimate of drug-likeness (QED) is 0.714. The molecule has 1 heterocycles. The largest absolute Gasteiger partial charge is 0.369 e. The van der Waals surface area contributed by atoms with Crippen LogP contribution in [0.3, 0.4) is 0 Å². The SMILES string of the molecule is CN1C(N)=Nc2c(I)cccc2S1(=O)=O. The van der Waals surface area contributed by atoms with Crippen molar-refractivity contribution in [1.29, 1.82) is 0 Å². The second-order valence-corrected chi connectivity index (χ2v) is 6.13. The molecule has 0 amide bonds. The van der Waals surface area contributed by atoms with E-state index in [1.165, 1.54) is 13.1 Å². The Balaban J connectivity index is 2.84. The molecule has 1 aliphatic heterocycles. The van der Waals surface area contributed by atoms with Crippen LogP contribution in [-0.4, -0.2) is 25.7 Å². The van der Waals surface area contributed by atoms with Gasteiger partial charge in [0.15, 0.2) is 0 Å². The van der Waals surface area contributed by atoms with E-state index >= 15 is 0 Å². The molecule has 2 N–H and O–H groups in total. The van der Waals surface area contributed by atoms with Crippen molar-refractivity contribution in [2.24, 2.45) is 10.7 Å². The van der Waals surface area contributed by atoms with Crippen LogP contribution in [0.15, 0.2) is 28.1 Å². The van der Waals surface area contributed by atoms with Gasteiger partial charge in [-0.25, -0.2) is 17.7 Å². The van der Waals surface area contributed by atoms with Crippen LogP contribution in [0.2, 0.25) is 0 Å². The lowest BCUT2D eigenvalue weighted by atomic mass is 10.3. The molecular formula is C8H8IN3O2S. The molecule has 0 saturated heterocycles. The Morgan fingerprint density at radius 3 is 2.80 bits per heavy atom. The zero-order chi connectivity index (χ0) is 11.2. The lowest BCUT2D eigenvalue weighted by Crippen LogP contribution is -2.40. The number of fused-ring (bicyclic) bond motifs is 1. The minimum atomic E-state index is -3.52. The zero-order valence-electron chi connectivity index (χ0n) is 7.81. The maximum atomic E-state index is 11.9. The number of benzene rings is 1. The van der Waals surface area contributed by atoms with Crippen molar-refractivity contribution in [1.82, 2.24) is 4.31 Å². The first kappa shape index (κ1) is 10.7. The van der Waals surface area contributed by atoms with E-state index in [2.05, 4.69) is 4.99 Å². The zero-order valence-corrected chi connectivity index (χ0v) is 10.8. The maximum Gasteiger partial charge on any atom is 0.268 e. The van der Waals surface area contributed by atoms with E-state index < -0.39 is 10.0 Å². The second kappa shape index (κ2) is 3.34. The molecule has 1 aliphatic rings. The van der Waals surface area contributed by atoms with Gasteiger partial charge in [-0.1, -0.05) is 6.07 Å². The standard InChI is InChI=1S/C8H8IN3O2S/c1-12-8(10)11-7-5(9)3-2-4-6(7)15(12,13)14/h2-4H,1H3,(H2,10,11). The van der Waals surface area contributed by atoms with Crippen molar-refractivity contribution in [3.8, 4) is 0 Å². The van der Waals surface area contributed by atoms with Gasteiger partial charge in [-0.15, -0.1) is 0 Å². The third-order valence-electron chi connectivity index (χ3n) is 2.14. The number of guanidine groups is 1. The normalized spacial score (nSPS) is 18.3. The minimum absolute atomic E-state index is 0.00776. The van der Waals surface area contributed by atoms with Gasteiger partial charge in [-0.2, -0.15) is 0 Å². The van der Waals surface area contributed by atoms with Crippen LogP contribution < -0.4 is 5.73 Å². The van der Waals surface area contributed by atoms with Gasteiger partial charge < -0.3 is 5.73 Å². The molecule has 0 bridgehead atoms. The van der Waals surface area contributed by atoms with Crippen molar-refractivity contribution in [3.63, 3.8) is 0 Å². The van der Waals surface area contributed by atoms with Crippen LogP contribution >= 0.6 is 22.6 Å². The number of sulfonamides is 1. The van der Waals surface area contributed by atoms with Crippen LogP contribution in [0.5, 0.6) is 0 Å². The van der Waals surface area contributed by atoms with Crippen molar-refractivity contribution >= 4 is 44.3 Å². The van der Waals surface area contributed by atoms with E-state index in [-0.39, 0.29) is 10.9 Å². The highest BCUT2D eigenvalue weighted by atomic mass is 127. The fourth-order valence-corrected chi connectivity index (χ4v) is 3.30. The van der Waals surface area contributed by atoms with Gasteiger partial charge >= 0.3 is 0 Å². The number of aliphatic imine (C=N–C) groups is 1. The fraction of sp³-hybridized carbons (Fsp3) is 0.125. The summed E-state index contributed by atoms with van der Waals surface area (Å²) in [5.74, 6) is -0.00776. The number of nitrogens with two attached hydrogens (primary N) is 1. The van der Waals surface area contributed by atoms with Gasteiger partial charge in [-0.05, 0) is 34.7 Å². The highest BCUT2D eigenvalue weighted by molar-refractivity contribution is 14.1. The molecule has 0 aliphatic carbocycles. The van der Waals surface area contributed by atoms with Crippen molar-refractivity contribution in [3.05, 3.63) is 21.8 Å². The number of halogens is 1. The van der Waals surface area contributed by atoms with Gasteiger partial charge in [-0.3, -0.25) is 0 Å². The average molecular weight is 337 g/mol. The van der Waals surface area contributed by atoms with E-state index in [1.54, 1.807) is 12.1 Å². The Hall–Kier alpha value is -0.830. The molecule has 0 radical (unpaired) electrons. The predicted molar refractivity (Wildman–Crippen MR) is 65.4 cm³/mol. The van der Waals surface area contributed by atoms with Crippen LogP contribution in [0.4, 0.5) is 5.69 Å². The summed E-state index contributed by atoms with van der Waals surface area (Å²) in [6, 6.07) is 5.00.